The summed E-state index contributed by atoms with van der Waals surface area (Å²) in [5.41, 5.74) is 1.57. The van der Waals surface area contributed by atoms with E-state index in [1.807, 2.05) is 56.3 Å². The lowest BCUT2D eigenvalue weighted by Gasteiger charge is -2.30. The third-order valence-electron chi connectivity index (χ3n) is 5.30. The molecule has 0 spiro atoms. The molecule has 8 nitrogen and oxygen atoms in total. The van der Waals surface area contributed by atoms with E-state index >= 15 is 0 Å². The Hall–Kier alpha value is -3.94. The number of urea groups is 1. The molecule has 0 atom stereocenters. The number of hydrogen-bond acceptors (Lipinski definition) is 5. The van der Waals surface area contributed by atoms with Gasteiger partial charge >= 0.3 is 6.03 Å². The Morgan fingerprint density at radius 3 is 2.48 bits per heavy atom. The molecule has 0 radical (unpaired) electrons. The van der Waals surface area contributed by atoms with Gasteiger partial charge in [-0.1, -0.05) is 24.3 Å². The number of anilines is 1. The Bertz CT molecular complexity index is 1080. The van der Waals surface area contributed by atoms with E-state index in [4.69, 9.17) is 13.9 Å². The summed E-state index contributed by atoms with van der Waals surface area (Å²) in [4.78, 5) is 29.5. The lowest BCUT2D eigenvalue weighted by molar-refractivity contribution is -0.133. The van der Waals surface area contributed by atoms with Crippen LogP contribution in [0.4, 0.5) is 10.5 Å². The topological polar surface area (TPSA) is 84.2 Å². The van der Waals surface area contributed by atoms with Crippen LogP contribution in [0.5, 0.6) is 11.5 Å². The van der Waals surface area contributed by atoms with Crippen molar-refractivity contribution in [3.8, 4) is 11.5 Å². The van der Waals surface area contributed by atoms with Gasteiger partial charge in [0, 0.05) is 18.3 Å². The molecular formula is C25H27N3O5. The average Bonchev–Trinajstić information content (AvgIpc) is 3.49. The molecule has 1 aromatic heterocycles. The number of hydrogen-bond donors (Lipinski definition) is 1. The maximum absolute atomic E-state index is 13.4. The van der Waals surface area contributed by atoms with E-state index in [-0.39, 0.29) is 37.9 Å². The predicted molar refractivity (Wildman–Crippen MR) is 123 cm³/mol. The van der Waals surface area contributed by atoms with Crippen LogP contribution in [0.3, 0.4) is 0 Å². The fraction of sp³-hybridized carbons (Fsp3) is 0.280. The summed E-state index contributed by atoms with van der Waals surface area (Å²) in [6, 6.07) is 17.9. The van der Waals surface area contributed by atoms with Crippen LogP contribution in [-0.2, 0) is 17.9 Å². The van der Waals surface area contributed by atoms with Crippen molar-refractivity contribution in [1.82, 2.24) is 9.80 Å². The van der Waals surface area contributed by atoms with E-state index in [2.05, 4.69) is 5.32 Å². The molecule has 0 bridgehead atoms. The Balaban J connectivity index is 1.49. The van der Waals surface area contributed by atoms with Crippen molar-refractivity contribution >= 4 is 17.6 Å². The first-order valence-corrected chi connectivity index (χ1v) is 10.8. The third kappa shape index (κ3) is 5.65. The smallest absolute Gasteiger partial charge is 0.322 e. The first-order chi connectivity index (χ1) is 16.0. The molecule has 3 aromatic rings. The van der Waals surface area contributed by atoms with E-state index in [1.165, 1.54) is 4.90 Å². The Labute approximate surface area is 192 Å². The van der Waals surface area contributed by atoms with Crippen LogP contribution in [0.1, 0.15) is 25.2 Å². The number of rotatable bonds is 8. The highest BCUT2D eigenvalue weighted by Gasteiger charge is 2.25. The lowest BCUT2D eigenvalue weighted by atomic mass is 10.1. The standard InChI is InChI=1S/C25H27N3O5/c1-18(2)28(25(30)26-20-7-4-3-5-8-20)16-24(29)27(15-21-9-6-12-31-21)14-19-10-11-22-23(13-19)33-17-32-22/h3-13,18H,14-17H2,1-2H3,(H,26,30). The highest BCUT2D eigenvalue weighted by molar-refractivity contribution is 5.92. The number of ether oxygens (including phenoxy) is 2. The van der Waals surface area contributed by atoms with Gasteiger partial charge < -0.3 is 29.0 Å². The Morgan fingerprint density at radius 1 is 0.970 bits per heavy atom. The van der Waals surface area contributed by atoms with Gasteiger partial charge in [0.2, 0.25) is 12.7 Å². The van der Waals surface area contributed by atoms with Gasteiger partial charge in [-0.05, 0) is 55.8 Å². The number of para-hydroxylation sites is 1. The molecule has 0 unspecified atom stereocenters. The summed E-state index contributed by atoms with van der Waals surface area (Å²) in [6.45, 7) is 4.50. The Kier molecular flexibility index (Phi) is 6.83. The Morgan fingerprint density at radius 2 is 1.76 bits per heavy atom. The largest absolute Gasteiger partial charge is 0.467 e. The molecule has 0 fully saturated rings. The van der Waals surface area contributed by atoms with Gasteiger partial charge in [0.05, 0.1) is 12.8 Å². The molecule has 1 aliphatic rings. The average molecular weight is 450 g/mol. The molecule has 172 valence electrons. The highest BCUT2D eigenvalue weighted by atomic mass is 16.7. The minimum absolute atomic E-state index is 0.0679. The first kappa shape index (κ1) is 22.3. The van der Waals surface area contributed by atoms with Crippen LogP contribution in [0, 0.1) is 0 Å². The van der Waals surface area contributed by atoms with Gasteiger partial charge in [0.1, 0.15) is 12.3 Å². The zero-order valence-electron chi connectivity index (χ0n) is 18.7. The van der Waals surface area contributed by atoms with Crippen molar-refractivity contribution in [3.05, 3.63) is 78.3 Å². The summed E-state index contributed by atoms with van der Waals surface area (Å²) >= 11 is 0. The quantitative estimate of drug-likeness (QED) is 0.548. The predicted octanol–water partition coefficient (Wildman–Crippen LogP) is 4.48. The monoisotopic (exact) mass is 449 g/mol. The molecule has 1 aliphatic heterocycles. The summed E-state index contributed by atoms with van der Waals surface area (Å²) in [6.07, 6.45) is 1.58. The van der Waals surface area contributed by atoms with Crippen molar-refractivity contribution < 1.29 is 23.5 Å². The molecule has 4 rings (SSSR count). The van der Waals surface area contributed by atoms with E-state index in [9.17, 15) is 9.59 Å². The second kappa shape index (κ2) is 10.1. The number of carbonyl (C=O) groups excluding carboxylic acids is 2. The number of nitrogens with zero attached hydrogens (tertiary/aromatic N) is 2. The van der Waals surface area contributed by atoms with Crippen LogP contribution in [0.25, 0.3) is 0 Å². The van der Waals surface area contributed by atoms with Crippen LogP contribution in [-0.4, -0.2) is 41.1 Å². The molecule has 2 heterocycles. The van der Waals surface area contributed by atoms with Crippen molar-refractivity contribution in [2.75, 3.05) is 18.7 Å². The second-order valence-electron chi connectivity index (χ2n) is 8.03. The minimum Gasteiger partial charge on any atom is -0.467 e. The fourth-order valence-electron chi connectivity index (χ4n) is 3.53. The van der Waals surface area contributed by atoms with Gasteiger partial charge in [-0.25, -0.2) is 4.79 Å². The van der Waals surface area contributed by atoms with Gasteiger partial charge in [-0.2, -0.15) is 0 Å². The van der Waals surface area contributed by atoms with Crippen LogP contribution in [0.2, 0.25) is 0 Å². The SMILES string of the molecule is CC(C)N(CC(=O)N(Cc1ccc2c(c1)OCO2)Cc1ccco1)C(=O)Nc1ccccc1. The van der Waals surface area contributed by atoms with Gasteiger partial charge in [-0.15, -0.1) is 0 Å². The van der Waals surface area contributed by atoms with Gasteiger partial charge in [0.25, 0.3) is 0 Å². The van der Waals surface area contributed by atoms with E-state index < -0.39 is 0 Å². The van der Waals surface area contributed by atoms with E-state index in [0.29, 0.717) is 29.5 Å². The van der Waals surface area contributed by atoms with Crippen molar-refractivity contribution in [3.63, 3.8) is 0 Å². The fourth-order valence-corrected chi connectivity index (χ4v) is 3.53. The maximum Gasteiger partial charge on any atom is 0.322 e. The van der Waals surface area contributed by atoms with Crippen molar-refractivity contribution in [2.45, 2.75) is 33.0 Å². The highest BCUT2D eigenvalue weighted by Crippen LogP contribution is 2.33. The molecular weight excluding hydrogens is 422 g/mol. The molecule has 2 aromatic carbocycles. The molecule has 0 saturated heterocycles. The van der Waals surface area contributed by atoms with Crippen molar-refractivity contribution in [1.29, 1.82) is 0 Å². The first-order valence-electron chi connectivity index (χ1n) is 10.8. The molecule has 0 saturated carbocycles. The van der Waals surface area contributed by atoms with Crippen LogP contribution >= 0.6 is 0 Å². The summed E-state index contributed by atoms with van der Waals surface area (Å²) in [5.74, 6) is 1.81. The zero-order valence-corrected chi connectivity index (χ0v) is 18.7. The summed E-state index contributed by atoms with van der Waals surface area (Å²) in [7, 11) is 0. The van der Waals surface area contributed by atoms with Crippen LogP contribution in [0.15, 0.2) is 71.3 Å². The zero-order chi connectivity index (χ0) is 23.2. The molecule has 3 amide bonds. The number of fused-ring (bicyclic) bond motifs is 1. The second-order valence-corrected chi connectivity index (χ2v) is 8.03. The number of nitrogens with one attached hydrogen (secondary N) is 1. The number of carbonyl (C=O) groups is 2. The van der Waals surface area contributed by atoms with Crippen molar-refractivity contribution in [2.24, 2.45) is 0 Å². The van der Waals surface area contributed by atoms with Gasteiger partial charge in [0.15, 0.2) is 11.5 Å². The normalized spacial score (nSPS) is 12.0. The lowest BCUT2D eigenvalue weighted by Crippen LogP contribution is -2.47. The number of amides is 3. The molecule has 0 aliphatic carbocycles. The molecule has 8 heteroatoms. The number of benzene rings is 2. The number of furan rings is 1. The summed E-state index contributed by atoms with van der Waals surface area (Å²) < 4.78 is 16.3. The minimum atomic E-state index is -0.328. The summed E-state index contributed by atoms with van der Waals surface area (Å²) in [5, 5.41) is 2.86. The molecule has 33 heavy (non-hydrogen) atoms. The van der Waals surface area contributed by atoms with E-state index in [1.54, 1.807) is 29.4 Å². The maximum atomic E-state index is 13.4. The van der Waals surface area contributed by atoms with Crippen LogP contribution < -0.4 is 14.8 Å². The third-order valence-corrected chi connectivity index (χ3v) is 5.30. The van der Waals surface area contributed by atoms with E-state index in [0.717, 1.165) is 5.56 Å². The van der Waals surface area contributed by atoms with Gasteiger partial charge in [-0.3, -0.25) is 4.79 Å². The molecule has 1 N–H and O–H groups in total.